The second-order valence-corrected chi connectivity index (χ2v) is 12.7. The summed E-state index contributed by atoms with van der Waals surface area (Å²) in [6, 6.07) is 0. The molecule has 4 saturated heterocycles. The lowest BCUT2D eigenvalue weighted by Gasteiger charge is -2.47. The fraction of sp³-hybridized carbons (Fsp3) is 0.909. The van der Waals surface area contributed by atoms with E-state index in [1.54, 1.807) is 21.6 Å². The Hall–Kier alpha value is 0.320. The Kier molecular flexibility index (Phi) is 10.7. The van der Waals surface area contributed by atoms with E-state index in [1.807, 2.05) is 0 Å². The first-order chi connectivity index (χ1) is 15.7. The lowest BCUT2D eigenvalue weighted by Crippen LogP contribution is -2.58. The van der Waals surface area contributed by atoms with E-state index in [2.05, 4.69) is 30.3 Å². The van der Waals surface area contributed by atoms with Crippen LogP contribution >= 0.6 is 46.0 Å². The second kappa shape index (κ2) is 13.4. The van der Waals surface area contributed by atoms with E-state index in [0.29, 0.717) is 0 Å². The molecule has 0 aliphatic carbocycles. The number of thiocarbonyl (C=S) groups is 2. The van der Waals surface area contributed by atoms with Gasteiger partial charge in [-0.05, 0) is 97.4 Å². The van der Waals surface area contributed by atoms with Gasteiger partial charge in [0.2, 0.25) is 0 Å². The molecule has 4 aliphatic rings. The van der Waals surface area contributed by atoms with Crippen LogP contribution in [0.1, 0.15) is 77.0 Å². The number of nitrogens with zero attached hydrogens (tertiary/aromatic N) is 6. The predicted molar refractivity (Wildman–Crippen MR) is 146 cm³/mol. The summed E-state index contributed by atoms with van der Waals surface area (Å²) >= 11 is 12.1. The Bertz CT molecular complexity index is 511. The van der Waals surface area contributed by atoms with E-state index >= 15 is 0 Å². The minimum atomic E-state index is 0.943. The normalized spacial score (nSPS) is 24.9. The molecule has 0 atom stereocenters. The molecule has 10 heteroatoms. The van der Waals surface area contributed by atoms with Crippen LogP contribution in [0.15, 0.2) is 0 Å². The fourth-order valence-electron chi connectivity index (χ4n) is 5.22. The maximum Gasteiger partial charge on any atom is 0.178 e. The molecule has 4 fully saturated rings. The Morgan fingerprint density at radius 1 is 0.406 bits per heavy atom. The zero-order valence-corrected chi connectivity index (χ0v) is 22.7. The van der Waals surface area contributed by atoms with Gasteiger partial charge in [-0.3, -0.25) is 0 Å². The molecule has 0 unspecified atom stereocenters. The van der Waals surface area contributed by atoms with Crippen molar-refractivity contribution in [3.8, 4) is 0 Å². The van der Waals surface area contributed by atoms with Crippen molar-refractivity contribution in [2.24, 2.45) is 0 Å². The van der Waals surface area contributed by atoms with E-state index in [-0.39, 0.29) is 0 Å². The number of hydrogen-bond acceptors (Lipinski definition) is 8. The molecule has 4 aliphatic heterocycles. The first-order valence-corrected chi connectivity index (χ1v) is 15.7. The van der Waals surface area contributed by atoms with Crippen LogP contribution in [0.4, 0.5) is 0 Å². The standard InChI is InChI=1S/C22H40N6S4/c29-21(27(23-13-5-1-6-14-23)24-15-7-2-8-16-24)31-32-22(30)28(25-17-9-3-10-18-25)26-19-11-4-12-20-26/h1-20H2. The lowest BCUT2D eigenvalue weighted by atomic mass is 10.1. The van der Waals surface area contributed by atoms with Gasteiger partial charge in [0.15, 0.2) is 8.64 Å². The zero-order valence-electron chi connectivity index (χ0n) is 19.5. The van der Waals surface area contributed by atoms with Crippen molar-refractivity contribution in [3.63, 3.8) is 0 Å². The van der Waals surface area contributed by atoms with Gasteiger partial charge >= 0.3 is 0 Å². The number of rotatable bonds is 4. The largest absolute Gasteiger partial charge is 0.218 e. The molecule has 0 bridgehead atoms. The lowest BCUT2D eigenvalue weighted by molar-refractivity contribution is -0.136. The number of hydrogen-bond donors (Lipinski definition) is 0. The highest BCUT2D eigenvalue weighted by Gasteiger charge is 2.31. The summed E-state index contributed by atoms with van der Waals surface area (Å²) in [7, 11) is 3.38. The topological polar surface area (TPSA) is 19.4 Å². The third-order valence-electron chi connectivity index (χ3n) is 6.91. The average Bonchev–Trinajstić information content (AvgIpc) is 2.86. The molecular weight excluding hydrogens is 477 g/mol. The zero-order chi connectivity index (χ0) is 22.2. The maximum atomic E-state index is 6.03. The SMILES string of the molecule is S=C(SSC(=S)N(N1CCCCC1)N1CCCCC1)N(N1CCCCC1)N1CCCCC1. The molecule has 0 radical (unpaired) electrons. The third kappa shape index (κ3) is 6.93. The van der Waals surface area contributed by atoms with E-state index in [0.717, 1.165) is 61.0 Å². The Labute approximate surface area is 213 Å². The van der Waals surface area contributed by atoms with Crippen LogP contribution in [0.5, 0.6) is 0 Å². The minimum Gasteiger partial charge on any atom is -0.218 e. The monoisotopic (exact) mass is 516 g/mol. The van der Waals surface area contributed by atoms with Crippen molar-refractivity contribution in [3.05, 3.63) is 0 Å². The molecule has 0 saturated carbocycles. The summed E-state index contributed by atoms with van der Waals surface area (Å²) in [5, 5.41) is 14.6. The molecule has 0 aromatic heterocycles. The quantitative estimate of drug-likeness (QED) is 0.368. The van der Waals surface area contributed by atoms with Gasteiger partial charge in [0, 0.05) is 52.4 Å². The van der Waals surface area contributed by atoms with Crippen molar-refractivity contribution in [1.82, 2.24) is 30.3 Å². The smallest absolute Gasteiger partial charge is 0.178 e. The summed E-state index contributed by atoms with van der Waals surface area (Å²) in [6.07, 6.45) is 15.5. The predicted octanol–water partition coefficient (Wildman–Crippen LogP) is 5.15. The fourth-order valence-corrected chi connectivity index (χ4v) is 7.86. The van der Waals surface area contributed by atoms with Crippen LogP contribution in [0.3, 0.4) is 0 Å². The van der Waals surface area contributed by atoms with Crippen molar-refractivity contribution < 1.29 is 0 Å². The van der Waals surface area contributed by atoms with E-state index in [9.17, 15) is 0 Å². The van der Waals surface area contributed by atoms with Gasteiger partial charge < -0.3 is 0 Å². The highest BCUT2D eigenvalue weighted by molar-refractivity contribution is 8.89. The number of piperidine rings is 4. The van der Waals surface area contributed by atoms with Crippen LogP contribution in [-0.4, -0.2) is 91.3 Å². The van der Waals surface area contributed by atoms with E-state index in [4.69, 9.17) is 24.4 Å². The van der Waals surface area contributed by atoms with Crippen molar-refractivity contribution in [2.45, 2.75) is 77.0 Å². The molecule has 0 spiro atoms. The third-order valence-corrected chi connectivity index (χ3v) is 10.3. The molecule has 0 N–H and O–H groups in total. The van der Waals surface area contributed by atoms with Gasteiger partial charge in [-0.1, -0.05) is 25.7 Å². The van der Waals surface area contributed by atoms with Crippen LogP contribution in [-0.2, 0) is 0 Å². The average molecular weight is 517 g/mol. The molecule has 4 heterocycles. The van der Waals surface area contributed by atoms with Gasteiger partial charge in [-0.15, -0.1) is 0 Å². The maximum absolute atomic E-state index is 6.03. The van der Waals surface area contributed by atoms with Crippen molar-refractivity contribution in [1.29, 1.82) is 0 Å². The number of hydrazine groups is 4. The Morgan fingerprint density at radius 2 is 0.625 bits per heavy atom. The summed E-state index contributed by atoms with van der Waals surface area (Å²) in [5.41, 5.74) is 0. The summed E-state index contributed by atoms with van der Waals surface area (Å²) in [5.74, 6) is 0. The van der Waals surface area contributed by atoms with Gasteiger partial charge in [-0.2, -0.15) is 0 Å². The van der Waals surface area contributed by atoms with E-state index in [1.165, 1.54) is 77.0 Å². The van der Waals surface area contributed by atoms with Crippen LogP contribution in [0.2, 0.25) is 0 Å². The summed E-state index contributed by atoms with van der Waals surface area (Å²) < 4.78 is 1.89. The molecule has 4 rings (SSSR count). The molecule has 6 nitrogen and oxygen atoms in total. The molecular formula is C22H40N6S4. The second-order valence-electron chi connectivity index (χ2n) is 9.33. The van der Waals surface area contributed by atoms with E-state index < -0.39 is 0 Å². The molecule has 0 aromatic rings. The Balaban J connectivity index is 1.39. The van der Waals surface area contributed by atoms with Crippen LogP contribution in [0.25, 0.3) is 0 Å². The van der Waals surface area contributed by atoms with Gasteiger partial charge in [-0.25, -0.2) is 30.3 Å². The highest BCUT2D eigenvalue weighted by Crippen LogP contribution is 2.33. The van der Waals surface area contributed by atoms with Crippen molar-refractivity contribution in [2.75, 3.05) is 52.4 Å². The van der Waals surface area contributed by atoms with Gasteiger partial charge in [0.25, 0.3) is 0 Å². The molecule has 182 valence electrons. The van der Waals surface area contributed by atoms with Crippen LogP contribution < -0.4 is 0 Å². The Morgan fingerprint density at radius 3 is 0.844 bits per heavy atom. The molecule has 0 amide bonds. The summed E-state index contributed by atoms with van der Waals surface area (Å²) in [4.78, 5) is 0. The first kappa shape index (κ1) is 25.4. The first-order valence-electron chi connectivity index (χ1n) is 12.8. The molecule has 32 heavy (non-hydrogen) atoms. The minimum absolute atomic E-state index is 0.943. The van der Waals surface area contributed by atoms with Crippen LogP contribution in [0, 0.1) is 0 Å². The van der Waals surface area contributed by atoms with Gasteiger partial charge in [0.1, 0.15) is 0 Å². The van der Waals surface area contributed by atoms with Crippen molar-refractivity contribution >= 4 is 54.7 Å². The highest BCUT2D eigenvalue weighted by atomic mass is 33.1. The molecule has 0 aromatic carbocycles. The van der Waals surface area contributed by atoms with Gasteiger partial charge in [0.05, 0.1) is 0 Å². The summed E-state index contributed by atoms with van der Waals surface area (Å²) in [6.45, 7) is 8.89.